The van der Waals surface area contributed by atoms with Crippen molar-refractivity contribution in [3.63, 3.8) is 0 Å². The smallest absolute Gasteiger partial charge is 0.225 e. The number of amides is 1. The van der Waals surface area contributed by atoms with E-state index in [4.69, 9.17) is 0 Å². The molecular weight excluding hydrogens is 372 g/mol. The highest BCUT2D eigenvalue weighted by atomic mass is 16.1. The predicted octanol–water partition coefficient (Wildman–Crippen LogP) is 3.80. The van der Waals surface area contributed by atoms with E-state index in [1.807, 2.05) is 12.1 Å². The molecule has 1 saturated heterocycles. The first kappa shape index (κ1) is 19.3. The van der Waals surface area contributed by atoms with Crippen LogP contribution in [-0.4, -0.2) is 52.9 Å². The van der Waals surface area contributed by atoms with Crippen LogP contribution in [0.1, 0.15) is 30.2 Å². The van der Waals surface area contributed by atoms with Gasteiger partial charge >= 0.3 is 0 Å². The number of aromatic amines is 1. The van der Waals surface area contributed by atoms with Gasteiger partial charge < -0.3 is 10.3 Å². The zero-order valence-electron chi connectivity index (χ0n) is 17.7. The number of benzene rings is 2. The van der Waals surface area contributed by atoms with Crippen LogP contribution in [0.3, 0.4) is 0 Å². The van der Waals surface area contributed by atoms with Crippen molar-refractivity contribution in [2.75, 3.05) is 31.5 Å². The lowest BCUT2D eigenvalue weighted by Crippen LogP contribution is -2.55. The number of rotatable bonds is 5. The first-order valence-corrected chi connectivity index (χ1v) is 11.1. The Balaban J connectivity index is 1.17. The average molecular weight is 403 g/mol. The van der Waals surface area contributed by atoms with Gasteiger partial charge in [-0.15, -0.1) is 0 Å². The van der Waals surface area contributed by atoms with Crippen LogP contribution in [0.5, 0.6) is 0 Å². The predicted molar refractivity (Wildman–Crippen MR) is 122 cm³/mol. The molecule has 1 fully saturated rings. The highest BCUT2D eigenvalue weighted by Gasteiger charge is 2.33. The van der Waals surface area contributed by atoms with E-state index in [0.717, 1.165) is 51.3 Å². The molecule has 5 rings (SSSR count). The molecule has 0 saturated carbocycles. The van der Waals surface area contributed by atoms with Gasteiger partial charge in [0.1, 0.15) is 0 Å². The maximum atomic E-state index is 12.4. The zero-order valence-corrected chi connectivity index (χ0v) is 17.7. The van der Waals surface area contributed by atoms with E-state index in [1.165, 1.54) is 27.7 Å². The molecule has 0 radical (unpaired) electrons. The Labute approximate surface area is 178 Å². The second-order valence-electron chi connectivity index (χ2n) is 8.61. The highest BCUT2D eigenvalue weighted by molar-refractivity contribution is 5.90. The fraction of sp³-hybridized carbons (Fsp3) is 0.400. The van der Waals surface area contributed by atoms with E-state index in [2.05, 4.69) is 63.4 Å². The Kier molecular flexibility index (Phi) is 5.32. The van der Waals surface area contributed by atoms with Crippen molar-refractivity contribution in [1.29, 1.82) is 0 Å². The average Bonchev–Trinajstić information content (AvgIpc) is 3.14. The topological polar surface area (TPSA) is 51.4 Å². The van der Waals surface area contributed by atoms with Gasteiger partial charge in [-0.05, 0) is 42.2 Å². The summed E-state index contributed by atoms with van der Waals surface area (Å²) in [5.74, 6) is 0.101. The molecule has 1 unspecified atom stereocenters. The number of anilines is 1. The molecule has 1 aromatic heterocycles. The van der Waals surface area contributed by atoms with E-state index < -0.39 is 0 Å². The van der Waals surface area contributed by atoms with E-state index in [1.54, 1.807) is 0 Å². The van der Waals surface area contributed by atoms with Gasteiger partial charge in [-0.1, -0.05) is 37.3 Å². The molecule has 3 aromatic rings. The van der Waals surface area contributed by atoms with Gasteiger partial charge in [0.15, 0.2) is 0 Å². The normalized spacial score (nSPS) is 19.4. The van der Waals surface area contributed by atoms with Crippen molar-refractivity contribution < 1.29 is 4.79 Å². The number of fused-ring (bicyclic) bond motifs is 4. The molecule has 2 aliphatic rings. The summed E-state index contributed by atoms with van der Waals surface area (Å²) in [5, 5.41) is 4.41. The van der Waals surface area contributed by atoms with Crippen LogP contribution in [0.4, 0.5) is 5.69 Å². The van der Waals surface area contributed by atoms with Crippen molar-refractivity contribution in [3.8, 4) is 0 Å². The number of aromatic nitrogens is 1. The molecule has 156 valence electrons. The van der Waals surface area contributed by atoms with Gasteiger partial charge in [0, 0.05) is 67.5 Å². The summed E-state index contributed by atoms with van der Waals surface area (Å²) >= 11 is 0. The maximum absolute atomic E-state index is 12.4. The summed E-state index contributed by atoms with van der Waals surface area (Å²) < 4.78 is 0. The number of carbonyl (C=O) groups is 1. The third-order valence-corrected chi connectivity index (χ3v) is 6.69. The lowest BCUT2D eigenvalue weighted by atomic mass is 9.94. The Morgan fingerprint density at radius 1 is 1.13 bits per heavy atom. The van der Waals surface area contributed by atoms with Crippen LogP contribution in [0.2, 0.25) is 0 Å². The van der Waals surface area contributed by atoms with Crippen molar-refractivity contribution in [1.82, 2.24) is 14.8 Å². The molecule has 0 spiro atoms. The fourth-order valence-electron chi connectivity index (χ4n) is 4.93. The number of para-hydroxylation sites is 1. The summed E-state index contributed by atoms with van der Waals surface area (Å²) in [6.07, 6.45) is 2.65. The molecule has 5 heteroatoms. The SMILES string of the molecule is CCc1ccc(NC(=O)CCN2CCN3Cc4[nH]c5ccccc5c4CC3C2)cc1. The van der Waals surface area contributed by atoms with E-state index in [9.17, 15) is 4.79 Å². The zero-order chi connectivity index (χ0) is 20.5. The quantitative estimate of drug-likeness (QED) is 0.683. The van der Waals surface area contributed by atoms with Gasteiger partial charge in [-0.2, -0.15) is 0 Å². The first-order chi connectivity index (χ1) is 14.7. The van der Waals surface area contributed by atoms with Crippen LogP contribution < -0.4 is 5.32 Å². The lowest BCUT2D eigenvalue weighted by molar-refractivity contribution is -0.116. The molecule has 2 N–H and O–H groups in total. The van der Waals surface area contributed by atoms with E-state index in [0.29, 0.717) is 12.5 Å². The maximum Gasteiger partial charge on any atom is 0.225 e. The third-order valence-electron chi connectivity index (χ3n) is 6.69. The number of hydrogen-bond donors (Lipinski definition) is 2. The second-order valence-corrected chi connectivity index (χ2v) is 8.61. The van der Waals surface area contributed by atoms with Gasteiger partial charge in [-0.25, -0.2) is 0 Å². The first-order valence-electron chi connectivity index (χ1n) is 11.1. The number of nitrogens with zero attached hydrogens (tertiary/aromatic N) is 2. The van der Waals surface area contributed by atoms with Crippen molar-refractivity contribution in [3.05, 3.63) is 65.4 Å². The van der Waals surface area contributed by atoms with E-state index >= 15 is 0 Å². The number of nitrogens with one attached hydrogen (secondary N) is 2. The minimum atomic E-state index is 0.101. The number of hydrogen-bond acceptors (Lipinski definition) is 3. The summed E-state index contributed by atoms with van der Waals surface area (Å²) in [5.41, 5.74) is 6.30. The Morgan fingerprint density at radius 3 is 2.80 bits per heavy atom. The molecule has 5 nitrogen and oxygen atoms in total. The molecule has 2 aromatic carbocycles. The molecule has 1 amide bonds. The summed E-state index contributed by atoms with van der Waals surface area (Å²) in [6, 6.07) is 17.3. The van der Waals surface area contributed by atoms with Crippen LogP contribution in [0, 0.1) is 0 Å². The van der Waals surface area contributed by atoms with Gasteiger partial charge in [0.2, 0.25) is 5.91 Å². The molecule has 2 aliphatic heterocycles. The Bertz CT molecular complexity index is 1040. The van der Waals surface area contributed by atoms with Crippen LogP contribution >= 0.6 is 0 Å². The molecule has 30 heavy (non-hydrogen) atoms. The van der Waals surface area contributed by atoms with Gasteiger partial charge in [-0.3, -0.25) is 14.6 Å². The molecule has 0 aliphatic carbocycles. The lowest BCUT2D eigenvalue weighted by Gasteiger charge is -2.44. The Hall–Kier alpha value is -2.63. The fourth-order valence-corrected chi connectivity index (χ4v) is 4.93. The van der Waals surface area contributed by atoms with Crippen molar-refractivity contribution in [2.24, 2.45) is 0 Å². The van der Waals surface area contributed by atoms with E-state index in [-0.39, 0.29) is 5.91 Å². The van der Waals surface area contributed by atoms with Crippen molar-refractivity contribution >= 4 is 22.5 Å². The molecule has 1 atom stereocenters. The molecular formula is C25H30N4O. The summed E-state index contributed by atoms with van der Waals surface area (Å²) in [7, 11) is 0. The standard InChI is InChI=1S/C25H30N4O/c1-2-18-7-9-19(10-8-18)26-25(30)11-12-28-13-14-29-17-24-22(15-20(29)16-28)21-5-3-4-6-23(21)27-24/h3-10,20,27H,2,11-17H2,1H3,(H,26,30). The minimum Gasteiger partial charge on any atom is -0.357 e. The highest BCUT2D eigenvalue weighted by Crippen LogP contribution is 2.31. The number of piperazine rings is 1. The van der Waals surface area contributed by atoms with Gasteiger partial charge in [0.25, 0.3) is 0 Å². The Morgan fingerprint density at radius 2 is 1.97 bits per heavy atom. The number of carbonyl (C=O) groups excluding carboxylic acids is 1. The van der Waals surface area contributed by atoms with Crippen LogP contribution in [0.15, 0.2) is 48.5 Å². The van der Waals surface area contributed by atoms with Crippen molar-refractivity contribution in [2.45, 2.75) is 38.8 Å². The monoisotopic (exact) mass is 402 g/mol. The second kappa shape index (κ2) is 8.25. The van der Waals surface area contributed by atoms with Crippen LogP contribution in [0.25, 0.3) is 10.9 Å². The molecule has 0 bridgehead atoms. The molecule has 3 heterocycles. The third kappa shape index (κ3) is 3.87. The summed E-state index contributed by atoms with van der Waals surface area (Å²) in [4.78, 5) is 21.1. The largest absolute Gasteiger partial charge is 0.357 e. The summed E-state index contributed by atoms with van der Waals surface area (Å²) in [6.45, 7) is 7.11. The van der Waals surface area contributed by atoms with Crippen LogP contribution in [-0.2, 0) is 24.2 Å². The minimum absolute atomic E-state index is 0.101. The van der Waals surface area contributed by atoms with Gasteiger partial charge in [0.05, 0.1) is 0 Å². The number of H-pyrrole nitrogens is 1. The number of aryl methyl sites for hydroxylation is 1.